The molecular weight excluding hydrogens is 218 g/mol. The van der Waals surface area contributed by atoms with Gasteiger partial charge in [-0.3, -0.25) is 4.79 Å². The van der Waals surface area contributed by atoms with Crippen molar-refractivity contribution in [1.82, 2.24) is 9.97 Å². The average Bonchev–Trinajstić information content (AvgIpc) is 2.23. The minimum absolute atomic E-state index is 0.125. The molecule has 0 spiro atoms. The van der Waals surface area contributed by atoms with Crippen LogP contribution in [0.2, 0.25) is 0 Å². The van der Waals surface area contributed by atoms with Crippen LogP contribution >= 0.6 is 0 Å². The fourth-order valence-corrected chi connectivity index (χ4v) is 1.20. The number of alkyl halides is 2. The molecule has 4 nitrogen and oxygen atoms in total. The first-order valence-electron chi connectivity index (χ1n) is 5.06. The van der Waals surface area contributed by atoms with Crippen molar-refractivity contribution in [1.29, 1.82) is 0 Å². The minimum atomic E-state index is -2.46. The van der Waals surface area contributed by atoms with Crippen molar-refractivity contribution in [3.05, 3.63) is 27.9 Å². The third-order valence-electron chi connectivity index (χ3n) is 1.93. The van der Waals surface area contributed by atoms with E-state index in [2.05, 4.69) is 9.97 Å². The van der Waals surface area contributed by atoms with Crippen LogP contribution in [0.3, 0.4) is 0 Å². The zero-order chi connectivity index (χ0) is 12.0. The maximum atomic E-state index is 11.7. The molecule has 0 aliphatic rings. The summed E-state index contributed by atoms with van der Waals surface area (Å²) in [6, 6.07) is 1.42. The fraction of sp³-hybridized carbons (Fsp3) is 0.600. The van der Waals surface area contributed by atoms with E-state index in [1.807, 2.05) is 6.92 Å². The van der Waals surface area contributed by atoms with Crippen molar-refractivity contribution in [2.24, 2.45) is 0 Å². The number of nitrogens with one attached hydrogen (secondary N) is 1. The van der Waals surface area contributed by atoms with Gasteiger partial charge in [0.05, 0.1) is 6.61 Å². The van der Waals surface area contributed by atoms with Crippen LogP contribution in [-0.2, 0) is 17.6 Å². The lowest BCUT2D eigenvalue weighted by atomic mass is 10.3. The van der Waals surface area contributed by atoms with E-state index in [0.717, 1.165) is 0 Å². The van der Waals surface area contributed by atoms with Gasteiger partial charge < -0.3 is 9.72 Å². The first-order valence-corrected chi connectivity index (χ1v) is 5.06. The molecule has 1 rings (SSSR count). The molecule has 0 unspecified atom stereocenters. The summed E-state index contributed by atoms with van der Waals surface area (Å²) in [5.41, 5.74) is 0.461. The minimum Gasteiger partial charge on any atom is -0.375 e. The van der Waals surface area contributed by atoms with Gasteiger partial charge in [-0.1, -0.05) is 6.92 Å². The van der Waals surface area contributed by atoms with Gasteiger partial charge in [0.1, 0.15) is 12.4 Å². The molecule has 0 fully saturated rings. The number of rotatable bonds is 6. The van der Waals surface area contributed by atoms with Crippen LogP contribution in [-0.4, -0.2) is 29.6 Å². The van der Waals surface area contributed by atoms with Gasteiger partial charge in [0, 0.05) is 18.2 Å². The molecule has 0 saturated heterocycles. The summed E-state index contributed by atoms with van der Waals surface area (Å²) in [7, 11) is 0. The van der Waals surface area contributed by atoms with Crippen molar-refractivity contribution < 1.29 is 13.5 Å². The topological polar surface area (TPSA) is 55.0 Å². The molecule has 16 heavy (non-hydrogen) atoms. The van der Waals surface area contributed by atoms with E-state index >= 15 is 0 Å². The van der Waals surface area contributed by atoms with Gasteiger partial charge in [0.15, 0.2) is 0 Å². The van der Waals surface area contributed by atoms with Gasteiger partial charge >= 0.3 is 0 Å². The summed E-state index contributed by atoms with van der Waals surface area (Å²) in [4.78, 5) is 17.8. The molecule has 1 aromatic rings. The van der Waals surface area contributed by atoms with E-state index in [1.54, 1.807) is 0 Å². The summed E-state index contributed by atoms with van der Waals surface area (Å²) < 4.78 is 28.2. The monoisotopic (exact) mass is 232 g/mol. The second kappa shape index (κ2) is 6.32. The van der Waals surface area contributed by atoms with Crippen LogP contribution in [0.4, 0.5) is 8.78 Å². The Hall–Kier alpha value is -1.30. The molecule has 0 aliphatic heterocycles. The molecule has 0 aliphatic carbocycles. The van der Waals surface area contributed by atoms with E-state index in [4.69, 9.17) is 4.74 Å². The average molecular weight is 232 g/mol. The quantitative estimate of drug-likeness (QED) is 0.749. The molecular formula is C10H14F2N2O2. The van der Waals surface area contributed by atoms with Crippen molar-refractivity contribution in [2.45, 2.75) is 26.2 Å². The highest BCUT2D eigenvalue weighted by Crippen LogP contribution is 1.97. The van der Waals surface area contributed by atoms with Crippen molar-refractivity contribution in [3.63, 3.8) is 0 Å². The standard InChI is InChI=1S/C10H14F2N2O2/c1-2-7-5-10(15)14-9(13-7)3-4-16-6-8(11)12/h5,8H,2-4,6H2,1H3,(H,13,14,15). The molecule has 0 bridgehead atoms. The summed E-state index contributed by atoms with van der Waals surface area (Å²) in [5.74, 6) is 0.471. The number of aromatic nitrogens is 2. The SMILES string of the molecule is CCc1cc(=O)[nH]c(CCOCC(F)F)n1. The highest BCUT2D eigenvalue weighted by Gasteiger charge is 2.03. The first-order chi connectivity index (χ1) is 7.61. The van der Waals surface area contributed by atoms with E-state index in [1.165, 1.54) is 6.07 Å². The predicted molar refractivity (Wildman–Crippen MR) is 54.8 cm³/mol. The third kappa shape index (κ3) is 4.48. The van der Waals surface area contributed by atoms with Crippen LogP contribution in [0.1, 0.15) is 18.4 Å². The summed E-state index contributed by atoms with van der Waals surface area (Å²) in [6.45, 7) is 1.43. The van der Waals surface area contributed by atoms with Gasteiger partial charge in [0.25, 0.3) is 12.0 Å². The highest BCUT2D eigenvalue weighted by molar-refractivity contribution is 5.02. The molecule has 0 saturated carbocycles. The van der Waals surface area contributed by atoms with Gasteiger partial charge in [-0.15, -0.1) is 0 Å². The number of hydrogen-bond acceptors (Lipinski definition) is 3. The third-order valence-corrected chi connectivity index (χ3v) is 1.93. The van der Waals surface area contributed by atoms with Crippen LogP contribution in [0, 0.1) is 0 Å². The second-order valence-corrected chi connectivity index (χ2v) is 3.25. The summed E-state index contributed by atoms with van der Waals surface area (Å²) in [5, 5.41) is 0. The molecule has 0 radical (unpaired) electrons. The molecule has 1 heterocycles. The van der Waals surface area contributed by atoms with Crippen LogP contribution < -0.4 is 5.56 Å². The Morgan fingerprint density at radius 3 is 2.94 bits per heavy atom. The Morgan fingerprint density at radius 1 is 1.56 bits per heavy atom. The predicted octanol–water partition coefficient (Wildman–Crippen LogP) is 1.16. The van der Waals surface area contributed by atoms with Crippen molar-refractivity contribution in [3.8, 4) is 0 Å². The van der Waals surface area contributed by atoms with Gasteiger partial charge in [-0.2, -0.15) is 0 Å². The molecule has 0 atom stereocenters. The molecule has 0 aromatic carbocycles. The number of H-pyrrole nitrogens is 1. The molecule has 1 N–H and O–H groups in total. The van der Waals surface area contributed by atoms with Crippen LogP contribution in [0.15, 0.2) is 10.9 Å². The van der Waals surface area contributed by atoms with E-state index in [9.17, 15) is 13.6 Å². The Bertz CT molecular complexity index is 379. The number of halogens is 2. The number of aryl methyl sites for hydroxylation is 1. The number of nitrogens with zero attached hydrogens (tertiary/aromatic N) is 1. The summed E-state index contributed by atoms with van der Waals surface area (Å²) in [6.07, 6.45) is -1.47. The lowest BCUT2D eigenvalue weighted by Crippen LogP contribution is -2.15. The number of ether oxygens (including phenoxy) is 1. The van der Waals surface area contributed by atoms with E-state index in [-0.39, 0.29) is 12.2 Å². The van der Waals surface area contributed by atoms with Crippen LogP contribution in [0.25, 0.3) is 0 Å². The zero-order valence-electron chi connectivity index (χ0n) is 9.00. The Morgan fingerprint density at radius 2 is 2.31 bits per heavy atom. The van der Waals surface area contributed by atoms with Gasteiger partial charge in [-0.25, -0.2) is 13.8 Å². The lowest BCUT2D eigenvalue weighted by Gasteiger charge is -2.04. The maximum Gasteiger partial charge on any atom is 0.261 e. The van der Waals surface area contributed by atoms with Crippen molar-refractivity contribution in [2.75, 3.05) is 13.2 Å². The van der Waals surface area contributed by atoms with Gasteiger partial charge in [0.2, 0.25) is 0 Å². The van der Waals surface area contributed by atoms with Crippen LogP contribution in [0.5, 0.6) is 0 Å². The molecule has 6 heteroatoms. The smallest absolute Gasteiger partial charge is 0.261 e. The number of hydrogen-bond donors (Lipinski definition) is 1. The lowest BCUT2D eigenvalue weighted by molar-refractivity contribution is 0.0182. The fourth-order valence-electron chi connectivity index (χ4n) is 1.20. The van der Waals surface area contributed by atoms with E-state index in [0.29, 0.717) is 24.4 Å². The van der Waals surface area contributed by atoms with E-state index < -0.39 is 13.0 Å². The molecule has 1 aromatic heterocycles. The molecule has 90 valence electrons. The highest BCUT2D eigenvalue weighted by atomic mass is 19.3. The first kappa shape index (κ1) is 12.8. The molecule has 0 amide bonds. The number of aromatic amines is 1. The maximum absolute atomic E-state index is 11.7. The van der Waals surface area contributed by atoms with Crippen molar-refractivity contribution >= 4 is 0 Å². The largest absolute Gasteiger partial charge is 0.375 e. The van der Waals surface area contributed by atoms with Gasteiger partial charge in [-0.05, 0) is 6.42 Å². The zero-order valence-corrected chi connectivity index (χ0v) is 9.00. The Kier molecular flexibility index (Phi) is 5.04. The Balaban J connectivity index is 2.47. The summed E-state index contributed by atoms with van der Waals surface area (Å²) >= 11 is 0. The second-order valence-electron chi connectivity index (χ2n) is 3.25. The normalized spacial score (nSPS) is 11.0. The Labute approximate surface area is 91.7 Å².